The number of aromatic nitrogens is 2. The van der Waals surface area contributed by atoms with E-state index in [0.717, 1.165) is 31.7 Å². The van der Waals surface area contributed by atoms with Crippen LogP contribution < -0.4 is 5.32 Å². The van der Waals surface area contributed by atoms with Crippen molar-refractivity contribution in [2.75, 3.05) is 20.3 Å². The summed E-state index contributed by atoms with van der Waals surface area (Å²) in [7, 11) is 3.78. The van der Waals surface area contributed by atoms with Crippen LogP contribution >= 0.6 is 0 Å². The van der Waals surface area contributed by atoms with Crippen LogP contribution in [0.1, 0.15) is 38.4 Å². The Bertz CT molecular complexity index is 564. The fraction of sp³-hybridized carbons (Fsp3) is 0.588. The molecule has 2 atom stereocenters. The number of fused-ring (bicyclic) bond motifs is 1. The SMILES string of the molecule is CCCNC(c1nn(C)c2ccccc12)C(C)CCOC. The molecule has 0 saturated carbocycles. The molecule has 0 aliphatic rings. The van der Waals surface area contributed by atoms with Crippen molar-refractivity contribution >= 4 is 10.9 Å². The average Bonchev–Trinajstić information content (AvgIpc) is 2.83. The maximum absolute atomic E-state index is 5.24. The summed E-state index contributed by atoms with van der Waals surface area (Å²) in [5, 5.41) is 9.70. The van der Waals surface area contributed by atoms with Crippen molar-refractivity contribution in [1.29, 1.82) is 0 Å². The second kappa shape index (κ2) is 7.57. The van der Waals surface area contributed by atoms with Gasteiger partial charge in [-0.25, -0.2) is 0 Å². The van der Waals surface area contributed by atoms with E-state index in [1.54, 1.807) is 7.11 Å². The Morgan fingerprint density at radius 1 is 1.33 bits per heavy atom. The zero-order valence-corrected chi connectivity index (χ0v) is 13.6. The topological polar surface area (TPSA) is 39.1 Å². The van der Waals surface area contributed by atoms with Gasteiger partial charge in [0.25, 0.3) is 0 Å². The van der Waals surface area contributed by atoms with Crippen molar-refractivity contribution in [3.05, 3.63) is 30.0 Å². The molecule has 0 spiro atoms. The molecule has 4 heteroatoms. The van der Waals surface area contributed by atoms with Gasteiger partial charge in [-0.2, -0.15) is 5.10 Å². The summed E-state index contributed by atoms with van der Waals surface area (Å²) in [5.41, 5.74) is 2.35. The molecule has 4 nitrogen and oxygen atoms in total. The van der Waals surface area contributed by atoms with E-state index in [4.69, 9.17) is 9.84 Å². The fourth-order valence-corrected chi connectivity index (χ4v) is 2.81. The van der Waals surface area contributed by atoms with Crippen molar-refractivity contribution in [3.63, 3.8) is 0 Å². The van der Waals surface area contributed by atoms with Gasteiger partial charge in [0, 0.05) is 26.2 Å². The average molecular weight is 289 g/mol. The summed E-state index contributed by atoms with van der Waals surface area (Å²) in [6.07, 6.45) is 2.15. The van der Waals surface area contributed by atoms with E-state index in [9.17, 15) is 0 Å². The van der Waals surface area contributed by atoms with E-state index in [1.165, 1.54) is 10.9 Å². The Balaban J connectivity index is 2.33. The minimum Gasteiger partial charge on any atom is -0.385 e. The van der Waals surface area contributed by atoms with Crippen LogP contribution in [0.25, 0.3) is 10.9 Å². The van der Waals surface area contributed by atoms with Crippen LogP contribution in [-0.4, -0.2) is 30.0 Å². The highest BCUT2D eigenvalue weighted by molar-refractivity contribution is 5.82. The van der Waals surface area contributed by atoms with Gasteiger partial charge in [0.05, 0.1) is 17.3 Å². The van der Waals surface area contributed by atoms with Crippen molar-refractivity contribution in [1.82, 2.24) is 15.1 Å². The molecule has 1 aromatic carbocycles. The Kier molecular flexibility index (Phi) is 5.76. The van der Waals surface area contributed by atoms with Gasteiger partial charge in [0.2, 0.25) is 0 Å². The van der Waals surface area contributed by atoms with Crippen LogP contribution in [0.5, 0.6) is 0 Å². The Morgan fingerprint density at radius 3 is 2.81 bits per heavy atom. The number of ether oxygens (including phenoxy) is 1. The number of nitrogens with one attached hydrogen (secondary N) is 1. The van der Waals surface area contributed by atoms with E-state index in [1.807, 2.05) is 11.7 Å². The fourth-order valence-electron chi connectivity index (χ4n) is 2.81. The van der Waals surface area contributed by atoms with Gasteiger partial charge in [-0.1, -0.05) is 32.0 Å². The number of nitrogens with zero attached hydrogens (tertiary/aromatic N) is 2. The number of aryl methyl sites for hydroxylation is 1. The standard InChI is InChI=1S/C17H27N3O/c1-5-11-18-16(13(2)10-12-21-4)17-14-8-6-7-9-15(14)20(3)19-17/h6-9,13,16,18H,5,10-12H2,1-4H3. The highest BCUT2D eigenvalue weighted by Gasteiger charge is 2.23. The lowest BCUT2D eigenvalue weighted by Gasteiger charge is -2.24. The Labute approximate surface area is 127 Å². The molecule has 0 radical (unpaired) electrons. The molecule has 0 aliphatic carbocycles. The molecule has 2 unspecified atom stereocenters. The molecule has 1 aromatic heterocycles. The van der Waals surface area contributed by atoms with E-state index < -0.39 is 0 Å². The highest BCUT2D eigenvalue weighted by atomic mass is 16.5. The van der Waals surface area contributed by atoms with E-state index >= 15 is 0 Å². The van der Waals surface area contributed by atoms with Crippen LogP contribution in [-0.2, 0) is 11.8 Å². The maximum atomic E-state index is 5.24. The second-order valence-electron chi connectivity index (χ2n) is 5.72. The van der Waals surface area contributed by atoms with Crippen molar-refractivity contribution in [2.24, 2.45) is 13.0 Å². The van der Waals surface area contributed by atoms with Crippen molar-refractivity contribution in [3.8, 4) is 0 Å². The molecule has 0 saturated heterocycles. The van der Waals surface area contributed by atoms with Gasteiger partial charge in [0.1, 0.15) is 0 Å². The zero-order chi connectivity index (χ0) is 15.2. The highest BCUT2D eigenvalue weighted by Crippen LogP contribution is 2.29. The Hall–Kier alpha value is -1.39. The first kappa shape index (κ1) is 16.0. The predicted octanol–water partition coefficient (Wildman–Crippen LogP) is 3.29. The molecule has 0 bridgehead atoms. The summed E-state index contributed by atoms with van der Waals surface area (Å²) in [4.78, 5) is 0. The number of para-hydroxylation sites is 1. The van der Waals surface area contributed by atoms with Crippen LogP contribution in [0.4, 0.5) is 0 Å². The Morgan fingerprint density at radius 2 is 2.10 bits per heavy atom. The summed E-state index contributed by atoms with van der Waals surface area (Å²) >= 11 is 0. The largest absolute Gasteiger partial charge is 0.385 e. The lowest BCUT2D eigenvalue weighted by molar-refractivity contribution is 0.169. The molecule has 0 amide bonds. The number of hydrogen-bond donors (Lipinski definition) is 1. The molecule has 0 aliphatic heterocycles. The third-order valence-electron chi connectivity index (χ3n) is 4.04. The van der Waals surface area contributed by atoms with Gasteiger partial charge < -0.3 is 10.1 Å². The molecule has 116 valence electrons. The molecule has 2 rings (SSSR count). The molecule has 1 heterocycles. The number of hydrogen-bond acceptors (Lipinski definition) is 3. The van der Waals surface area contributed by atoms with E-state index in [0.29, 0.717) is 5.92 Å². The molecule has 0 fully saturated rings. The number of methoxy groups -OCH3 is 1. The minimum absolute atomic E-state index is 0.270. The third-order valence-corrected chi connectivity index (χ3v) is 4.04. The van der Waals surface area contributed by atoms with Crippen LogP contribution in [0.2, 0.25) is 0 Å². The molecular formula is C17H27N3O. The van der Waals surface area contributed by atoms with Crippen molar-refractivity contribution < 1.29 is 4.74 Å². The molecule has 21 heavy (non-hydrogen) atoms. The van der Waals surface area contributed by atoms with Crippen LogP contribution in [0.15, 0.2) is 24.3 Å². The third kappa shape index (κ3) is 3.63. The monoisotopic (exact) mass is 289 g/mol. The maximum Gasteiger partial charge on any atom is 0.0875 e. The summed E-state index contributed by atoms with van der Waals surface area (Å²) in [6.45, 7) is 6.26. The van der Waals surface area contributed by atoms with Gasteiger partial charge in [-0.3, -0.25) is 4.68 Å². The zero-order valence-electron chi connectivity index (χ0n) is 13.6. The second-order valence-corrected chi connectivity index (χ2v) is 5.72. The van der Waals surface area contributed by atoms with Gasteiger partial charge >= 0.3 is 0 Å². The van der Waals surface area contributed by atoms with Gasteiger partial charge in [0.15, 0.2) is 0 Å². The van der Waals surface area contributed by atoms with E-state index in [2.05, 4.69) is 43.4 Å². The summed E-state index contributed by atoms with van der Waals surface area (Å²) in [5.74, 6) is 0.481. The molecule has 1 N–H and O–H groups in total. The van der Waals surface area contributed by atoms with Crippen LogP contribution in [0.3, 0.4) is 0 Å². The normalized spacial score (nSPS) is 14.5. The van der Waals surface area contributed by atoms with E-state index in [-0.39, 0.29) is 6.04 Å². The predicted molar refractivity (Wildman–Crippen MR) is 87.4 cm³/mol. The van der Waals surface area contributed by atoms with Crippen molar-refractivity contribution in [2.45, 2.75) is 32.7 Å². The first-order valence-electron chi connectivity index (χ1n) is 7.83. The van der Waals surface area contributed by atoms with Gasteiger partial charge in [-0.05, 0) is 31.4 Å². The first-order chi connectivity index (χ1) is 10.2. The smallest absolute Gasteiger partial charge is 0.0875 e. The summed E-state index contributed by atoms with van der Waals surface area (Å²) < 4.78 is 7.22. The summed E-state index contributed by atoms with van der Waals surface area (Å²) in [6, 6.07) is 8.72. The lowest BCUT2D eigenvalue weighted by Crippen LogP contribution is -2.29. The molecule has 2 aromatic rings. The van der Waals surface area contributed by atoms with Crippen LogP contribution in [0, 0.1) is 5.92 Å². The first-order valence-corrected chi connectivity index (χ1v) is 7.83. The molecular weight excluding hydrogens is 262 g/mol. The lowest BCUT2D eigenvalue weighted by atomic mass is 9.94. The van der Waals surface area contributed by atoms with Gasteiger partial charge in [-0.15, -0.1) is 0 Å². The number of rotatable bonds is 8. The number of benzene rings is 1. The quantitative estimate of drug-likeness (QED) is 0.810. The minimum atomic E-state index is 0.270.